The van der Waals surface area contributed by atoms with Crippen LogP contribution in [0.3, 0.4) is 0 Å². The smallest absolute Gasteiger partial charge is 0.180 e. The number of aromatic nitrogens is 1. The van der Waals surface area contributed by atoms with Gasteiger partial charge in [0.1, 0.15) is 5.76 Å². The van der Waals surface area contributed by atoms with E-state index in [1.54, 1.807) is 6.20 Å². The Morgan fingerprint density at radius 3 is 2.27 bits per heavy atom. The van der Waals surface area contributed by atoms with Crippen LogP contribution in [0.25, 0.3) is 0 Å². The molecule has 0 fully saturated rings. The molecule has 0 spiro atoms. The fourth-order valence-corrected chi connectivity index (χ4v) is 1.69. The maximum atomic E-state index is 5.43. The van der Waals surface area contributed by atoms with Crippen molar-refractivity contribution < 1.29 is 4.42 Å². The van der Waals surface area contributed by atoms with Crippen LogP contribution in [0.2, 0.25) is 0 Å². The number of oxazole rings is 1. The summed E-state index contributed by atoms with van der Waals surface area (Å²) >= 11 is 0. The van der Waals surface area contributed by atoms with Crippen molar-refractivity contribution >= 4 is 0 Å². The summed E-state index contributed by atoms with van der Waals surface area (Å²) in [5, 5.41) is 0. The second-order valence-corrected chi connectivity index (χ2v) is 3.98. The molecule has 0 atom stereocenters. The van der Waals surface area contributed by atoms with E-state index < -0.39 is 0 Å². The number of aryl methyl sites for hydroxylation is 1. The summed E-state index contributed by atoms with van der Waals surface area (Å²) in [6.45, 7) is 0.839. The van der Waals surface area contributed by atoms with Crippen LogP contribution in [0.5, 0.6) is 0 Å². The molecule has 3 nitrogen and oxygen atoms in total. The molecule has 0 unspecified atom stereocenters. The first-order valence-electron chi connectivity index (χ1n) is 6.01. The molecule has 2 N–H and O–H groups in total. The van der Waals surface area contributed by atoms with Crippen LogP contribution < -0.4 is 5.73 Å². The molecule has 0 saturated heterocycles. The topological polar surface area (TPSA) is 52.0 Å². The van der Waals surface area contributed by atoms with Crippen molar-refractivity contribution in [3.63, 3.8) is 0 Å². The molecule has 3 heteroatoms. The summed E-state index contributed by atoms with van der Waals surface area (Å²) in [7, 11) is 0. The lowest BCUT2D eigenvalue weighted by Crippen LogP contribution is -1.97. The van der Waals surface area contributed by atoms with Crippen molar-refractivity contribution in [3.8, 4) is 0 Å². The Kier molecular flexibility index (Phi) is 6.92. The number of hydrogen-bond acceptors (Lipinski definition) is 3. The van der Waals surface area contributed by atoms with Gasteiger partial charge in [-0.2, -0.15) is 0 Å². The summed E-state index contributed by atoms with van der Waals surface area (Å²) in [5.74, 6) is 1.01. The first kappa shape index (κ1) is 12.2. The first-order valence-corrected chi connectivity index (χ1v) is 6.01. The van der Waals surface area contributed by atoms with Gasteiger partial charge >= 0.3 is 0 Å². The highest BCUT2D eigenvalue weighted by Gasteiger charge is 1.96. The molecule has 0 bridgehead atoms. The van der Waals surface area contributed by atoms with Gasteiger partial charge in [0.25, 0.3) is 0 Å². The fourth-order valence-electron chi connectivity index (χ4n) is 1.69. The van der Waals surface area contributed by atoms with E-state index in [0.717, 1.165) is 18.7 Å². The molecule has 0 aliphatic heterocycles. The minimum Gasteiger partial charge on any atom is -0.449 e. The van der Waals surface area contributed by atoms with Crippen molar-refractivity contribution in [1.29, 1.82) is 0 Å². The van der Waals surface area contributed by atoms with Gasteiger partial charge in [0.2, 0.25) is 0 Å². The van der Waals surface area contributed by atoms with Gasteiger partial charge < -0.3 is 10.2 Å². The Hall–Kier alpha value is -0.830. The Morgan fingerprint density at radius 1 is 1.00 bits per heavy atom. The van der Waals surface area contributed by atoms with Gasteiger partial charge in [-0.15, -0.1) is 0 Å². The molecule has 86 valence electrons. The third-order valence-corrected chi connectivity index (χ3v) is 2.61. The monoisotopic (exact) mass is 210 g/mol. The number of nitrogens with two attached hydrogens (primary N) is 1. The highest BCUT2D eigenvalue weighted by atomic mass is 16.3. The van der Waals surface area contributed by atoms with Crippen LogP contribution in [-0.2, 0) is 6.42 Å². The zero-order chi connectivity index (χ0) is 10.8. The van der Waals surface area contributed by atoms with Crippen LogP contribution >= 0.6 is 0 Å². The van der Waals surface area contributed by atoms with E-state index in [2.05, 4.69) is 4.98 Å². The van der Waals surface area contributed by atoms with Gasteiger partial charge in [0.05, 0.1) is 6.20 Å². The van der Waals surface area contributed by atoms with E-state index in [0.29, 0.717) is 0 Å². The van der Waals surface area contributed by atoms with E-state index in [-0.39, 0.29) is 0 Å². The summed E-state index contributed by atoms with van der Waals surface area (Å²) in [6, 6.07) is 0. The van der Waals surface area contributed by atoms with Crippen LogP contribution in [0.4, 0.5) is 0 Å². The Labute approximate surface area is 92.1 Å². The summed E-state index contributed by atoms with van der Waals surface area (Å²) in [4.78, 5) is 3.89. The van der Waals surface area contributed by atoms with Gasteiger partial charge in [-0.3, -0.25) is 0 Å². The molecular weight excluding hydrogens is 188 g/mol. The Bertz CT molecular complexity index is 222. The highest BCUT2D eigenvalue weighted by Crippen LogP contribution is 2.09. The molecule has 0 aliphatic rings. The van der Waals surface area contributed by atoms with E-state index in [1.165, 1.54) is 51.3 Å². The predicted octanol–water partition coefficient (Wildman–Crippen LogP) is 2.91. The molecule has 0 aromatic carbocycles. The van der Waals surface area contributed by atoms with Gasteiger partial charge in [-0.1, -0.05) is 32.1 Å². The van der Waals surface area contributed by atoms with Crippen molar-refractivity contribution in [3.05, 3.63) is 18.4 Å². The molecule has 0 amide bonds. The van der Waals surface area contributed by atoms with Crippen molar-refractivity contribution in [2.45, 2.75) is 51.4 Å². The maximum absolute atomic E-state index is 5.43. The van der Waals surface area contributed by atoms with Gasteiger partial charge in [-0.25, -0.2) is 4.98 Å². The predicted molar refractivity (Wildman–Crippen MR) is 61.6 cm³/mol. The number of rotatable bonds is 9. The average molecular weight is 210 g/mol. The summed E-state index contributed by atoms with van der Waals surface area (Å²) < 4.78 is 5.17. The lowest BCUT2D eigenvalue weighted by atomic mass is 10.1. The quantitative estimate of drug-likeness (QED) is 0.637. The van der Waals surface area contributed by atoms with Crippen molar-refractivity contribution in [1.82, 2.24) is 4.98 Å². The Balaban J connectivity index is 1.81. The first-order chi connectivity index (χ1) is 7.43. The molecular formula is C12H22N2O. The minimum absolute atomic E-state index is 0.839. The second-order valence-electron chi connectivity index (χ2n) is 3.98. The normalized spacial score (nSPS) is 10.7. The van der Waals surface area contributed by atoms with E-state index >= 15 is 0 Å². The molecule has 0 radical (unpaired) electrons. The number of unbranched alkanes of at least 4 members (excludes halogenated alkanes) is 6. The van der Waals surface area contributed by atoms with Crippen LogP contribution in [0, 0.1) is 0 Å². The molecule has 1 aromatic rings. The maximum Gasteiger partial charge on any atom is 0.180 e. The van der Waals surface area contributed by atoms with E-state index in [1.807, 2.05) is 0 Å². The molecule has 0 aliphatic carbocycles. The Morgan fingerprint density at radius 2 is 1.67 bits per heavy atom. The minimum atomic E-state index is 0.839. The lowest BCUT2D eigenvalue weighted by Gasteiger charge is -2.00. The lowest BCUT2D eigenvalue weighted by molar-refractivity contribution is 0.486. The third-order valence-electron chi connectivity index (χ3n) is 2.61. The summed E-state index contributed by atoms with van der Waals surface area (Å²) in [6.07, 6.45) is 13.3. The van der Waals surface area contributed by atoms with Crippen LogP contribution in [0.1, 0.15) is 50.7 Å². The second kappa shape index (κ2) is 8.48. The third kappa shape index (κ3) is 6.28. The van der Waals surface area contributed by atoms with Gasteiger partial charge in [0, 0.05) is 6.42 Å². The van der Waals surface area contributed by atoms with Gasteiger partial charge in [-0.05, 0) is 19.4 Å². The zero-order valence-electron chi connectivity index (χ0n) is 9.45. The zero-order valence-corrected chi connectivity index (χ0v) is 9.45. The fraction of sp³-hybridized carbons (Fsp3) is 0.750. The standard InChI is InChI=1S/C12H22N2O/c13-9-7-5-3-1-2-4-6-8-12-10-14-11-15-12/h10-11H,1-9,13H2. The van der Waals surface area contributed by atoms with Crippen LogP contribution in [0.15, 0.2) is 17.0 Å². The summed E-state index contributed by atoms with van der Waals surface area (Å²) in [5.41, 5.74) is 5.43. The molecule has 1 heterocycles. The number of nitrogens with zero attached hydrogens (tertiary/aromatic N) is 1. The molecule has 1 rings (SSSR count). The SMILES string of the molecule is NCCCCCCCCCc1cnco1. The highest BCUT2D eigenvalue weighted by molar-refractivity contribution is 4.87. The average Bonchev–Trinajstić information content (AvgIpc) is 2.75. The molecule has 1 aromatic heterocycles. The van der Waals surface area contributed by atoms with Crippen molar-refractivity contribution in [2.75, 3.05) is 6.54 Å². The van der Waals surface area contributed by atoms with Gasteiger partial charge in [0.15, 0.2) is 6.39 Å². The molecule has 0 saturated carbocycles. The van der Waals surface area contributed by atoms with E-state index in [4.69, 9.17) is 10.2 Å². The molecule has 15 heavy (non-hydrogen) atoms. The van der Waals surface area contributed by atoms with Crippen LogP contribution in [-0.4, -0.2) is 11.5 Å². The van der Waals surface area contributed by atoms with Crippen molar-refractivity contribution in [2.24, 2.45) is 5.73 Å². The largest absolute Gasteiger partial charge is 0.449 e. The van der Waals surface area contributed by atoms with E-state index in [9.17, 15) is 0 Å². The number of hydrogen-bond donors (Lipinski definition) is 1.